The van der Waals surface area contributed by atoms with E-state index in [0.717, 1.165) is 17.5 Å². The van der Waals surface area contributed by atoms with E-state index in [4.69, 9.17) is 11.6 Å². The average Bonchev–Trinajstić information content (AvgIpc) is 3.30. The van der Waals surface area contributed by atoms with Gasteiger partial charge in [-0.1, -0.05) is 27.5 Å². The number of alkyl halides is 3. The van der Waals surface area contributed by atoms with Crippen LogP contribution in [0.15, 0.2) is 22.7 Å². The Morgan fingerprint density at radius 2 is 2.08 bits per heavy atom. The van der Waals surface area contributed by atoms with Crippen molar-refractivity contribution < 1.29 is 22.4 Å². The molecule has 1 amide bonds. The van der Waals surface area contributed by atoms with Crippen molar-refractivity contribution in [3.63, 3.8) is 0 Å². The van der Waals surface area contributed by atoms with E-state index >= 15 is 0 Å². The molecule has 0 atom stereocenters. The minimum Gasteiger partial charge on any atom is -0.324 e. The second-order valence-corrected chi connectivity index (χ2v) is 7.26. The molecule has 0 radical (unpaired) electrons. The molecule has 0 unspecified atom stereocenters. The number of hydrogen-bond donors (Lipinski definition) is 1. The van der Waals surface area contributed by atoms with Gasteiger partial charge in [-0.3, -0.25) is 9.48 Å². The molecule has 0 spiro atoms. The van der Waals surface area contributed by atoms with E-state index in [1.807, 2.05) is 0 Å². The summed E-state index contributed by atoms with van der Waals surface area (Å²) in [5.74, 6) is -1.22. The van der Waals surface area contributed by atoms with Crippen LogP contribution >= 0.6 is 27.5 Å². The monoisotopic (exact) mass is 453 g/mol. The number of nitrogens with one attached hydrogen (secondary N) is 1. The molecule has 1 fully saturated rings. The Labute approximate surface area is 159 Å². The zero-order valence-electron chi connectivity index (χ0n) is 13.2. The number of amides is 1. The van der Waals surface area contributed by atoms with Crippen LogP contribution in [0.1, 0.15) is 36.6 Å². The van der Waals surface area contributed by atoms with Crippen LogP contribution in [0.3, 0.4) is 0 Å². The molecule has 0 saturated heterocycles. The highest BCUT2D eigenvalue weighted by Gasteiger charge is 2.42. The molecule has 1 aromatic carbocycles. The molecule has 1 aliphatic rings. The third-order valence-corrected chi connectivity index (χ3v) is 4.79. The van der Waals surface area contributed by atoms with Crippen molar-refractivity contribution >= 4 is 39.1 Å². The number of benzene rings is 1. The summed E-state index contributed by atoms with van der Waals surface area (Å²) in [6.45, 7) is -0.0778. The van der Waals surface area contributed by atoms with Gasteiger partial charge in [-0.25, -0.2) is 4.39 Å². The maximum Gasteiger partial charge on any atom is 0.436 e. The molecular formula is C16H13BrClF4N3O. The molecular weight excluding hydrogens is 442 g/mol. The van der Waals surface area contributed by atoms with Crippen molar-refractivity contribution in [2.75, 3.05) is 5.32 Å². The van der Waals surface area contributed by atoms with E-state index in [0.29, 0.717) is 10.2 Å². The van der Waals surface area contributed by atoms with Gasteiger partial charge in [0.05, 0.1) is 22.9 Å². The van der Waals surface area contributed by atoms with Crippen molar-refractivity contribution in [2.45, 2.75) is 37.9 Å². The standard InChI is InChI=1S/C16H13BrClF4N3O/c17-9-3-4-11(10(19)7-9)23-12(26)5-6-25-14(8-1-2-8)13(18)15(24-25)16(20,21)22/h3-4,7-8H,1-2,5-6H2,(H,23,26). The lowest BCUT2D eigenvalue weighted by Gasteiger charge is -2.09. The summed E-state index contributed by atoms with van der Waals surface area (Å²) in [6.07, 6.45) is -3.35. The zero-order chi connectivity index (χ0) is 19.1. The topological polar surface area (TPSA) is 46.9 Å². The predicted molar refractivity (Wildman–Crippen MR) is 91.6 cm³/mol. The van der Waals surface area contributed by atoms with E-state index in [1.54, 1.807) is 6.07 Å². The summed E-state index contributed by atoms with van der Waals surface area (Å²) in [6, 6.07) is 4.15. The molecule has 0 bridgehead atoms. The summed E-state index contributed by atoms with van der Waals surface area (Å²) in [7, 11) is 0. The Kier molecular flexibility index (Phi) is 5.30. The Hall–Kier alpha value is -1.61. The molecule has 3 rings (SSSR count). The van der Waals surface area contributed by atoms with Crippen LogP contribution in [-0.4, -0.2) is 15.7 Å². The molecule has 10 heteroatoms. The molecule has 1 heterocycles. The van der Waals surface area contributed by atoms with Crippen molar-refractivity contribution in [2.24, 2.45) is 0 Å². The Balaban J connectivity index is 1.72. The molecule has 1 saturated carbocycles. The molecule has 2 aromatic rings. The van der Waals surface area contributed by atoms with Crippen LogP contribution < -0.4 is 5.32 Å². The van der Waals surface area contributed by atoms with Crippen molar-refractivity contribution in [1.29, 1.82) is 0 Å². The van der Waals surface area contributed by atoms with Crippen molar-refractivity contribution in [1.82, 2.24) is 9.78 Å². The first-order valence-electron chi connectivity index (χ1n) is 7.75. The Bertz CT molecular complexity index is 849. The third-order valence-electron chi connectivity index (χ3n) is 3.92. The largest absolute Gasteiger partial charge is 0.436 e. The summed E-state index contributed by atoms with van der Waals surface area (Å²) in [5, 5.41) is 5.54. The number of rotatable bonds is 5. The fraction of sp³-hybridized carbons (Fsp3) is 0.375. The van der Waals surface area contributed by atoms with Gasteiger partial charge in [-0.2, -0.15) is 18.3 Å². The summed E-state index contributed by atoms with van der Waals surface area (Å²) in [5.41, 5.74) is -0.836. The van der Waals surface area contributed by atoms with E-state index in [1.165, 1.54) is 12.1 Å². The molecule has 26 heavy (non-hydrogen) atoms. The first-order valence-corrected chi connectivity index (χ1v) is 8.92. The SMILES string of the molecule is O=C(CCn1nc(C(F)(F)F)c(Cl)c1C1CC1)Nc1ccc(Br)cc1F. The zero-order valence-corrected chi connectivity index (χ0v) is 15.6. The molecule has 140 valence electrons. The number of aromatic nitrogens is 2. The van der Waals surface area contributed by atoms with Crippen molar-refractivity contribution in [3.05, 3.63) is 44.9 Å². The van der Waals surface area contributed by atoms with E-state index in [2.05, 4.69) is 26.3 Å². The number of anilines is 1. The lowest BCUT2D eigenvalue weighted by molar-refractivity contribution is -0.141. The van der Waals surface area contributed by atoms with Crippen LogP contribution in [0.4, 0.5) is 23.2 Å². The summed E-state index contributed by atoms with van der Waals surface area (Å²) >= 11 is 8.98. The minimum absolute atomic E-state index is 0.00454. The van der Waals surface area contributed by atoms with Gasteiger partial charge < -0.3 is 5.32 Å². The third kappa shape index (κ3) is 4.20. The van der Waals surface area contributed by atoms with E-state index in [-0.39, 0.29) is 24.6 Å². The van der Waals surface area contributed by atoms with Crippen LogP contribution in [0.5, 0.6) is 0 Å². The quantitative estimate of drug-likeness (QED) is 0.618. The fourth-order valence-electron chi connectivity index (χ4n) is 2.56. The van der Waals surface area contributed by atoms with Gasteiger partial charge in [0.2, 0.25) is 5.91 Å². The highest BCUT2D eigenvalue weighted by atomic mass is 79.9. The maximum absolute atomic E-state index is 13.7. The van der Waals surface area contributed by atoms with Gasteiger partial charge >= 0.3 is 6.18 Å². The predicted octanol–water partition coefficient (Wildman–Crippen LogP) is 5.36. The van der Waals surface area contributed by atoms with Gasteiger partial charge in [0, 0.05) is 16.8 Å². The fourth-order valence-corrected chi connectivity index (χ4v) is 3.29. The highest BCUT2D eigenvalue weighted by Crippen LogP contribution is 2.46. The van der Waals surface area contributed by atoms with Gasteiger partial charge in [-0.05, 0) is 31.0 Å². The molecule has 1 aromatic heterocycles. The van der Waals surface area contributed by atoms with E-state index in [9.17, 15) is 22.4 Å². The van der Waals surface area contributed by atoms with Gasteiger partial charge in [-0.15, -0.1) is 0 Å². The first-order chi connectivity index (χ1) is 12.2. The molecule has 1 aliphatic carbocycles. The number of halogens is 6. The lowest BCUT2D eigenvalue weighted by Crippen LogP contribution is -2.17. The first kappa shape index (κ1) is 19.2. The van der Waals surface area contributed by atoms with Crippen LogP contribution in [0, 0.1) is 5.82 Å². The highest BCUT2D eigenvalue weighted by molar-refractivity contribution is 9.10. The maximum atomic E-state index is 13.7. The minimum atomic E-state index is -4.66. The average molecular weight is 455 g/mol. The lowest BCUT2D eigenvalue weighted by atomic mass is 10.2. The normalized spacial score (nSPS) is 14.5. The molecule has 1 N–H and O–H groups in total. The number of aryl methyl sites for hydroxylation is 1. The van der Waals surface area contributed by atoms with Gasteiger partial charge in [0.25, 0.3) is 0 Å². The van der Waals surface area contributed by atoms with Gasteiger partial charge in [0.15, 0.2) is 5.69 Å². The number of carbonyl (C=O) groups is 1. The van der Waals surface area contributed by atoms with E-state index < -0.39 is 28.6 Å². The molecule has 4 nitrogen and oxygen atoms in total. The van der Waals surface area contributed by atoms with Gasteiger partial charge in [0.1, 0.15) is 5.82 Å². The summed E-state index contributed by atoms with van der Waals surface area (Å²) < 4.78 is 54.4. The van der Waals surface area contributed by atoms with Crippen LogP contribution in [0.25, 0.3) is 0 Å². The smallest absolute Gasteiger partial charge is 0.324 e. The summed E-state index contributed by atoms with van der Waals surface area (Å²) in [4.78, 5) is 12.0. The number of nitrogens with zero attached hydrogens (tertiary/aromatic N) is 2. The Morgan fingerprint density at radius 3 is 2.65 bits per heavy atom. The second kappa shape index (κ2) is 7.19. The molecule has 0 aliphatic heterocycles. The van der Waals surface area contributed by atoms with Crippen molar-refractivity contribution in [3.8, 4) is 0 Å². The van der Waals surface area contributed by atoms with Crippen LogP contribution in [-0.2, 0) is 17.5 Å². The number of carbonyl (C=O) groups excluding carboxylic acids is 1. The number of hydrogen-bond acceptors (Lipinski definition) is 2. The van der Waals surface area contributed by atoms with Crippen LogP contribution in [0.2, 0.25) is 5.02 Å². The second-order valence-electron chi connectivity index (χ2n) is 5.97. The Morgan fingerprint density at radius 1 is 1.38 bits per heavy atom.